The monoisotopic (exact) mass is 198 g/mol. The molecule has 0 saturated carbocycles. The van der Waals surface area contributed by atoms with E-state index in [9.17, 15) is 4.79 Å². The van der Waals surface area contributed by atoms with Crippen LogP contribution in [0.25, 0.3) is 0 Å². The van der Waals surface area contributed by atoms with E-state index >= 15 is 0 Å². The number of nitrogens with zero attached hydrogens (tertiary/aromatic N) is 3. The topological polar surface area (TPSA) is 94.0 Å². The second-order valence-electron chi connectivity index (χ2n) is 3.57. The Bertz CT molecular complexity index is 321. The second kappa shape index (κ2) is 4.08. The van der Waals surface area contributed by atoms with Gasteiger partial charge in [0, 0.05) is 0 Å². The van der Waals surface area contributed by atoms with Gasteiger partial charge in [-0.25, -0.2) is 14.5 Å². The van der Waals surface area contributed by atoms with Crippen molar-refractivity contribution in [3.8, 4) is 0 Å². The summed E-state index contributed by atoms with van der Waals surface area (Å²) in [5.74, 6) is -0.537. The Labute approximate surface area is 81.7 Å². The number of aromatic nitrogens is 3. The van der Waals surface area contributed by atoms with Gasteiger partial charge in [-0.2, -0.15) is 0 Å². The van der Waals surface area contributed by atoms with Crippen LogP contribution in [0.15, 0.2) is 6.33 Å². The molecule has 0 bridgehead atoms. The van der Waals surface area contributed by atoms with Crippen molar-refractivity contribution in [3.05, 3.63) is 6.33 Å². The molecule has 0 fully saturated rings. The molecule has 1 rings (SSSR count). The zero-order valence-electron chi connectivity index (χ0n) is 8.21. The lowest BCUT2D eigenvalue weighted by molar-refractivity contribution is -0.141. The molecule has 1 aromatic heterocycles. The molecule has 0 aliphatic carbocycles. The molecule has 78 valence electrons. The Hall–Kier alpha value is -1.59. The first-order valence-corrected chi connectivity index (χ1v) is 4.40. The third kappa shape index (κ3) is 2.45. The number of carboxylic acid groups (broad SMARTS) is 1. The van der Waals surface area contributed by atoms with Gasteiger partial charge in [0.05, 0.1) is 0 Å². The predicted octanol–water partition coefficient (Wildman–Crippen LogP) is 0.532. The highest BCUT2D eigenvalue weighted by molar-refractivity contribution is 5.71. The molecule has 1 atom stereocenters. The van der Waals surface area contributed by atoms with Gasteiger partial charge in [-0.15, -0.1) is 5.10 Å². The molecule has 1 aromatic rings. The zero-order valence-corrected chi connectivity index (χ0v) is 8.21. The van der Waals surface area contributed by atoms with E-state index in [0.29, 0.717) is 6.42 Å². The highest BCUT2D eigenvalue weighted by Gasteiger charge is 2.21. The maximum absolute atomic E-state index is 10.9. The van der Waals surface area contributed by atoms with Crippen molar-refractivity contribution in [2.45, 2.75) is 26.3 Å². The van der Waals surface area contributed by atoms with Gasteiger partial charge < -0.3 is 10.8 Å². The maximum Gasteiger partial charge on any atom is 0.328 e. The molecule has 3 N–H and O–H groups in total. The van der Waals surface area contributed by atoms with Gasteiger partial charge in [0.25, 0.3) is 0 Å². The summed E-state index contributed by atoms with van der Waals surface area (Å²) >= 11 is 0. The van der Waals surface area contributed by atoms with Gasteiger partial charge in [0.1, 0.15) is 6.33 Å². The average molecular weight is 198 g/mol. The third-order valence-corrected chi connectivity index (χ3v) is 1.83. The highest BCUT2D eigenvalue weighted by atomic mass is 16.4. The molecule has 0 aromatic carbocycles. The van der Waals surface area contributed by atoms with Crippen molar-refractivity contribution in [3.63, 3.8) is 0 Å². The van der Waals surface area contributed by atoms with Crippen molar-refractivity contribution in [1.82, 2.24) is 14.8 Å². The van der Waals surface area contributed by atoms with Crippen molar-refractivity contribution in [2.24, 2.45) is 5.92 Å². The van der Waals surface area contributed by atoms with Crippen molar-refractivity contribution >= 4 is 11.9 Å². The summed E-state index contributed by atoms with van der Waals surface area (Å²) in [5, 5.41) is 12.7. The highest BCUT2D eigenvalue weighted by Crippen LogP contribution is 2.16. The molecule has 1 unspecified atom stereocenters. The lowest BCUT2D eigenvalue weighted by Gasteiger charge is -2.13. The molecule has 14 heavy (non-hydrogen) atoms. The fourth-order valence-electron chi connectivity index (χ4n) is 1.21. The number of nitrogen functional groups attached to an aromatic ring is 1. The minimum atomic E-state index is -0.913. The Morgan fingerprint density at radius 3 is 2.71 bits per heavy atom. The van der Waals surface area contributed by atoms with E-state index in [2.05, 4.69) is 10.1 Å². The molecule has 0 spiro atoms. The SMILES string of the molecule is CC(C)CC(C(=O)O)n1cnc(N)n1. The fraction of sp³-hybridized carbons (Fsp3) is 0.625. The molecular weight excluding hydrogens is 184 g/mol. The van der Waals surface area contributed by atoms with Crippen LogP contribution in [0.1, 0.15) is 26.3 Å². The number of carbonyl (C=O) groups is 1. The number of carboxylic acids is 1. The number of rotatable bonds is 4. The van der Waals surface area contributed by atoms with Crippen molar-refractivity contribution in [2.75, 3.05) is 5.73 Å². The fourth-order valence-corrected chi connectivity index (χ4v) is 1.21. The van der Waals surface area contributed by atoms with Crippen LogP contribution in [0.5, 0.6) is 0 Å². The van der Waals surface area contributed by atoms with Crippen LogP contribution >= 0.6 is 0 Å². The average Bonchev–Trinajstić information content (AvgIpc) is 2.46. The summed E-state index contributed by atoms with van der Waals surface area (Å²) in [6, 6.07) is -0.681. The van der Waals surface area contributed by atoms with E-state index in [1.165, 1.54) is 11.0 Å². The molecule has 0 amide bonds. The van der Waals surface area contributed by atoms with Crippen LogP contribution in [0.4, 0.5) is 5.95 Å². The number of nitrogens with two attached hydrogens (primary N) is 1. The maximum atomic E-state index is 10.9. The first kappa shape index (κ1) is 10.5. The Morgan fingerprint density at radius 1 is 1.71 bits per heavy atom. The summed E-state index contributed by atoms with van der Waals surface area (Å²) in [4.78, 5) is 14.6. The quantitative estimate of drug-likeness (QED) is 0.736. The van der Waals surface area contributed by atoms with Crippen LogP contribution in [0.3, 0.4) is 0 Å². The van der Waals surface area contributed by atoms with E-state index in [1.54, 1.807) is 0 Å². The van der Waals surface area contributed by atoms with Gasteiger partial charge in [0.2, 0.25) is 5.95 Å². The number of hydrogen-bond donors (Lipinski definition) is 2. The summed E-state index contributed by atoms with van der Waals surface area (Å²) in [7, 11) is 0. The van der Waals surface area contributed by atoms with E-state index in [-0.39, 0.29) is 11.9 Å². The molecule has 6 heteroatoms. The molecule has 0 radical (unpaired) electrons. The Kier molecular flexibility index (Phi) is 3.06. The van der Waals surface area contributed by atoms with E-state index in [1.807, 2.05) is 13.8 Å². The van der Waals surface area contributed by atoms with Gasteiger partial charge in [-0.3, -0.25) is 0 Å². The molecular formula is C8H14N4O2. The van der Waals surface area contributed by atoms with Crippen LogP contribution in [0.2, 0.25) is 0 Å². The van der Waals surface area contributed by atoms with Gasteiger partial charge >= 0.3 is 5.97 Å². The summed E-state index contributed by atoms with van der Waals surface area (Å²) < 4.78 is 1.29. The molecule has 0 saturated heterocycles. The number of anilines is 1. The van der Waals surface area contributed by atoms with E-state index in [4.69, 9.17) is 10.8 Å². The third-order valence-electron chi connectivity index (χ3n) is 1.83. The Balaban J connectivity index is 2.83. The number of aliphatic carboxylic acids is 1. The molecule has 0 aliphatic rings. The van der Waals surface area contributed by atoms with Crippen LogP contribution in [0, 0.1) is 5.92 Å². The van der Waals surface area contributed by atoms with E-state index in [0.717, 1.165) is 0 Å². The largest absolute Gasteiger partial charge is 0.480 e. The van der Waals surface area contributed by atoms with E-state index < -0.39 is 12.0 Å². The first-order chi connectivity index (χ1) is 6.50. The molecule has 1 heterocycles. The predicted molar refractivity (Wildman–Crippen MR) is 50.6 cm³/mol. The summed E-state index contributed by atoms with van der Waals surface area (Å²) in [6.07, 6.45) is 1.86. The first-order valence-electron chi connectivity index (χ1n) is 4.40. The normalized spacial score (nSPS) is 13.1. The lowest BCUT2D eigenvalue weighted by atomic mass is 10.0. The smallest absolute Gasteiger partial charge is 0.328 e. The number of hydrogen-bond acceptors (Lipinski definition) is 4. The molecule has 0 aliphatic heterocycles. The lowest BCUT2D eigenvalue weighted by Crippen LogP contribution is -2.21. The van der Waals surface area contributed by atoms with Gasteiger partial charge in [-0.05, 0) is 12.3 Å². The minimum absolute atomic E-state index is 0.0972. The molecule has 6 nitrogen and oxygen atoms in total. The van der Waals surface area contributed by atoms with Crippen LogP contribution in [-0.4, -0.2) is 25.8 Å². The Morgan fingerprint density at radius 2 is 2.36 bits per heavy atom. The van der Waals surface area contributed by atoms with Gasteiger partial charge in [0.15, 0.2) is 6.04 Å². The van der Waals surface area contributed by atoms with Crippen LogP contribution in [-0.2, 0) is 4.79 Å². The zero-order chi connectivity index (χ0) is 10.7. The summed E-state index contributed by atoms with van der Waals surface area (Å²) in [6.45, 7) is 3.91. The van der Waals surface area contributed by atoms with Gasteiger partial charge in [-0.1, -0.05) is 13.8 Å². The summed E-state index contributed by atoms with van der Waals surface area (Å²) in [5.41, 5.74) is 5.31. The van der Waals surface area contributed by atoms with Crippen molar-refractivity contribution in [1.29, 1.82) is 0 Å². The van der Waals surface area contributed by atoms with Crippen LogP contribution < -0.4 is 5.73 Å². The standard InChI is InChI=1S/C8H14N4O2/c1-5(2)3-6(7(13)14)12-4-10-8(9)11-12/h4-6H,3H2,1-2H3,(H2,9,11)(H,13,14). The second-order valence-corrected chi connectivity index (χ2v) is 3.57. The minimum Gasteiger partial charge on any atom is -0.480 e. The van der Waals surface area contributed by atoms with Crippen molar-refractivity contribution < 1.29 is 9.90 Å².